The lowest BCUT2D eigenvalue weighted by molar-refractivity contribution is -0.123. The van der Waals surface area contributed by atoms with Crippen LogP contribution in [0.25, 0.3) is 0 Å². The second-order valence-electron chi connectivity index (χ2n) is 4.93. The van der Waals surface area contributed by atoms with Crippen molar-refractivity contribution >= 4 is 11.9 Å². The van der Waals surface area contributed by atoms with Gasteiger partial charge in [0.2, 0.25) is 0 Å². The van der Waals surface area contributed by atoms with E-state index < -0.39 is 5.54 Å². The molecule has 2 aliphatic rings. The van der Waals surface area contributed by atoms with Crippen molar-refractivity contribution in [3.05, 3.63) is 35.9 Å². The van der Waals surface area contributed by atoms with Crippen LogP contribution < -0.4 is 11.1 Å². The number of nitrogens with one attached hydrogen (secondary N) is 1. The minimum absolute atomic E-state index is 0.0597. The van der Waals surface area contributed by atoms with Gasteiger partial charge in [-0.3, -0.25) is 15.0 Å². The number of likely N-dealkylation sites (tertiary alicyclic amines) is 1. The molecule has 94 valence electrons. The van der Waals surface area contributed by atoms with Gasteiger partial charge < -0.3 is 5.73 Å². The summed E-state index contributed by atoms with van der Waals surface area (Å²) in [5, 5.41) is 2.60. The summed E-state index contributed by atoms with van der Waals surface area (Å²) < 4.78 is 0. The summed E-state index contributed by atoms with van der Waals surface area (Å²) in [7, 11) is 0. The highest BCUT2D eigenvalue weighted by Gasteiger charge is 2.48. The first-order valence-electron chi connectivity index (χ1n) is 6.11. The molecule has 1 spiro atoms. The fraction of sp³-hybridized carbons (Fsp3) is 0.385. The molecular formula is C13H16N4O. The van der Waals surface area contributed by atoms with Gasteiger partial charge in [0.05, 0.1) is 0 Å². The number of benzene rings is 1. The Hall–Kier alpha value is -1.88. The van der Waals surface area contributed by atoms with Gasteiger partial charge in [-0.15, -0.1) is 0 Å². The van der Waals surface area contributed by atoms with Crippen molar-refractivity contribution in [2.75, 3.05) is 13.1 Å². The lowest BCUT2D eigenvalue weighted by atomic mass is 10.00. The number of nitrogens with zero attached hydrogens (tertiary/aromatic N) is 2. The van der Waals surface area contributed by atoms with Crippen molar-refractivity contribution in [2.45, 2.75) is 18.5 Å². The third-order valence-corrected chi connectivity index (χ3v) is 3.57. The molecule has 5 nitrogen and oxygen atoms in total. The molecule has 1 aromatic rings. The first-order chi connectivity index (χ1) is 8.68. The van der Waals surface area contributed by atoms with Gasteiger partial charge in [-0.2, -0.15) is 0 Å². The van der Waals surface area contributed by atoms with Gasteiger partial charge in [0.1, 0.15) is 0 Å². The molecule has 0 bridgehead atoms. The van der Waals surface area contributed by atoms with Crippen molar-refractivity contribution in [3.63, 3.8) is 0 Å². The molecule has 5 heteroatoms. The largest absolute Gasteiger partial charge is 0.370 e. The smallest absolute Gasteiger partial charge is 0.256 e. The maximum atomic E-state index is 11.9. The number of aliphatic imine (C=N–C) groups is 1. The first kappa shape index (κ1) is 11.2. The van der Waals surface area contributed by atoms with Crippen LogP contribution in [0, 0.1) is 0 Å². The van der Waals surface area contributed by atoms with Gasteiger partial charge in [-0.05, 0) is 12.0 Å². The summed E-state index contributed by atoms with van der Waals surface area (Å²) in [6, 6.07) is 10.2. The molecular weight excluding hydrogens is 228 g/mol. The van der Waals surface area contributed by atoms with Crippen molar-refractivity contribution in [2.24, 2.45) is 10.7 Å². The molecule has 0 radical (unpaired) electrons. The predicted octanol–water partition coefficient (Wildman–Crippen LogP) is 0.0756. The van der Waals surface area contributed by atoms with E-state index in [1.165, 1.54) is 5.56 Å². The molecule has 1 aromatic carbocycles. The van der Waals surface area contributed by atoms with Crippen LogP contribution in [-0.4, -0.2) is 35.4 Å². The monoisotopic (exact) mass is 244 g/mol. The zero-order chi connectivity index (χ0) is 12.6. The van der Waals surface area contributed by atoms with E-state index >= 15 is 0 Å². The molecule has 0 aromatic heterocycles. The van der Waals surface area contributed by atoms with Gasteiger partial charge in [0.15, 0.2) is 11.5 Å². The SMILES string of the molecule is NC1=NC2(CCN(Cc3ccccc3)C2)C(=O)N1. The number of guanidine groups is 1. The Morgan fingerprint density at radius 1 is 1.39 bits per heavy atom. The van der Waals surface area contributed by atoms with Crippen molar-refractivity contribution in [1.29, 1.82) is 0 Å². The highest BCUT2D eigenvalue weighted by molar-refractivity contribution is 6.07. The summed E-state index contributed by atoms with van der Waals surface area (Å²) in [5.41, 5.74) is 6.19. The Balaban J connectivity index is 1.71. The van der Waals surface area contributed by atoms with E-state index in [2.05, 4.69) is 27.3 Å². The number of hydrogen-bond acceptors (Lipinski definition) is 4. The third kappa shape index (κ3) is 1.86. The summed E-state index contributed by atoms with van der Waals surface area (Å²) in [5.74, 6) is 0.192. The topological polar surface area (TPSA) is 70.7 Å². The molecule has 2 heterocycles. The van der Waals surface area contributed by atoms with Crippen molar-refractivity contribution in [3.8, 4) is 0 Å². The Morgan fingerprint density at radius 2 is 2.17 bits per heavy atom. The lowest BCUT2D eigenvalue weighted by Gasteiger charge is -2.18. The molecule has 1 amide bonds. The molecule has 1 unspecified atom stereocenters. The van der Waals surface area contributed by atoms with Crippen LogP contribution in [0.3, 0.4) is 0 Å². The molecule has 0 aliphatic carbocycles. The Kier molecular flexibility index (Phi) is 2.56. The average molecular weight is 244 g/mol. The second kappa shape index (κ2) is 4.10. The second-order valence-corrected chi connectivity index (χ2v) is 4.93. The van der Waals surface area contributed by atoms with Crippen LogP contribution in [0.1, 0.15) is 12.0 Å². The lowest BCUT2D eigenvalue weighted by Crippen LogP contribution is -2.42. The zero-order valence-corrected chi connectivity index (χ0v) is 10.1. The van der Waals surface area contributed by atoms with E-state index in [-0.39, 0.29) is 11.9 Å². The van der Waals surface area contributed by atoms with Gasteiger partial charge in [-0.1, -0.05) is 30.3 Å². The van der Waals surface area contributed by atoms with Gasteiger partial charge >= 0.3 is 0 Å². The summed E-state index contributed by atoms with van der Waals surface area (Å²) in [6.07, 6.45) is 0.742. The van der Waals surface area contributed by atoms with Gasteiger partial charge in [0, 0.05) is 19.6 Å². The fourth-order valence-electron chi connectivity index (χ4n) is 2.67. The molecule has 0 saturated carbocycles. The molecule has 1 fully saturated rings. The molecule has 1 saturated heterocycles. The first-order valence-corrected chi connectivity index (χ1v) is 6.11. The zero-order valence-electron chi connectivity index (χ0n) is 10.1. The normalized spacial score (nSPS) is 27.6. The van der Waals surface area contributed by atoms with Crippen LogP contribution in [0.15, 0.2) is 35.3 Å². The summed E-state index contributed by atoms with van der Waals surface area (Å²) >= 11 is 0. The van der Waals surface area contributed by atoms with E-state index in [1.807, 2.05) is 18.2 Å². The highest BCUT2D eigenvalue weighted by Crippen LogP contribution is 2.29. The van der Waals surface area contributed by atoms with Crippen LogP contribution in [0.2, 0.25) is 0 Å². The van der Waals surface area contributed by atoms with Crippen LogP contribution in [-0.2, 0) is 11.3 Å². The number of rotatable bonds is 2. The standard InChI is InChI=1S/C13H16N4O/c14-12-15-11(18)13(16-12)6-7-17(9-13)8-10-4-2-1-3-5-10/h1-5H,6-9H2,(H3,14,15,16,18). The van der Waals surface area contributed by atoms with Crippen LogP contribution >= 0.6 is 0 Å². The molecule has 2 aliphatic heterocycles. The van der Waals surface area contributed by atoms with E-state index in [4.69, 9.17) is 5.73 Å². The summed E-state index contributed by atoms with van der Waals surface area (Å²) in [4.78, 5) is 18.4. The Morgan fingerprint density at radius 3 is 2.83 bits per heavy atom. The van der Waals surface area contributed by atoms with Crippen molar-refractivity contribution in [1.82, 2.24) is 10.2 Å². The summed E-state index contributed by atoms with van der Waals surface area (Å²) in [6.45, 7) is 2.37. The molecule has 3 rings (SSSR count). The van der Waals surface area contributed by atoms with Gasteiger partial charge in [0.25, 0.3) is 5.91 Å². The minimum atomic E-state index is -0.640. The third-order valence-electron chi connectivity index (χ3n) is 3.57. The highest BCUT2D eigenvalue weighted by atomic mass is 16.2. The van der Waals surface area contributed by atoms with E-state index in [0.717, 1.165) is 19.5 Å². The molecule has 3 N–H and O–H groups in total. The molecule has 1 atom stereocenters. The minimum Gasteiger partial charge on any atom is -0.370 e. The maximum Gasteiger partial charge on any atom is 0.256 e. The number of carbonyl (C=O) groups is 1. The number of amides is 1. The van der Waals surface area contributed by atoms with E-state index in [1.54, 1.807) is 0 Å². The van der Waals surface area contributed by atoms with Crippen LogP contribution in [0.4, 0.5) is 0 Å². The average Bonchev–Trinajstić information content (AvgIpc) is 2.86. The quantitative estimate of drug-likeness (QED) is 0.773. The maximum absolute atomic E-state index is 11.9. The Bertz CT molecular complexity index is 499. The van der Waals surface area contributed by atoms with E-state index in [9.17, 15) is 4.79 Å². The van der Waals surface area contributed by atoms with Crippen LogP contribution in [0.5, 0.6) is 0 Å². The molecule has 18 heavy (non-hydrogen) atoms. The van der Waals surface area contributed by atoms with E-state index in [0.29, 0.717) is 6.54 Å². The fourth-order valence-corrected chi connectivity index (χ4v) is 2.67. The van der Waals surface area contributed by atoms with Crippen molar-refractivity contribution < 1.29 is 4.79 Å². The Labute approximate surface area is 106 Å². The number of carbonyl (C=O) groups excluding carboxylic acids is 1. The number of hydrogen-bond donors (Lipinski definition) is 2. The number of nitrogens with two attached hydrogens (primary N) is 1. The van der Waals surface area contributed by atoms with Gasteiger partial charge in [-0.25, -0.2) is 4.99 Å². The predicted molar refractivity (Wildman–Crippen MR) is 68.8 cm³/mol.